The number of ether oxygens (including phenoxy) is 2. The fourth-order valence-electron chi connectivity index (χ4n) is 2.80. The van der Waals surface area contributed by atoms with Crippen molar-refractivity contribution in [2.45, 2.75) is 18.6 Å². The summed E-state index contributed by atoms with van der Waals surface area (Å²) in [6.07, 6.45) is 1.54. The average Bonchev–Trinajstić information content (AvgIpc) is 3.20. The molecule has 10 heteroatoms. The summed E-state index contributed by atoms with van der Waals surface area (Å²) in [7, 11) is 3.17. The van der Waals surface area contributed by atoms with E-state index in [9.17, 15) is 4.79 Å². The number of nitrogens with one attached hydrogen (secondary N) is 1. The third-order valence-corrected chi connectivity index (χ3v) is 5.46. The molecule has 0 fully saturated rings. The molecule has 31 heavy (non-hydrogen) atoms. The first-order valence-corrected chi connectivity index (χ1v) is 10.8. The molecule has 162 valence electrons. The molecular formula is C21H22ClN5O3S. The van der Waals surface area contributed by atoms with Gasteiger partial charge in [0.05, 0.1) is 26.2 Å². The van der Waals surface area contributed by atoms with Crippen molar-refractivity contribution in [2.24, 2.45) is 5.10 Å². The van der Waals surface area contributed by atoms with Crippen molar-refractivity contribution < 1.29 is 14.3 Å². The second kappa shape index (κ2) is 10.8. The molecule has 1 amide bonds. The van der Waals surface area contributed by atoms with Crippen molar-refractivity contribution in [3.05, 3.63) is 53.1 Å². The number of carbonyl (C=O) groups excluding carboxylic acids is 1. The number of carbonyl (C=O) groups is 1. The smallest absolute Gasteiger partial charge is 0.250 e. The van der Waals surface area contributed by atoms with Gasteiger partial charge in [-0.05, 0) is 42.8 Å². The number of hydrazone groups is 1. The monoisotopic (exact) mass is 459 g/mol. The van der Waals surface area contributed by atoms with E-state index in [4.69, 9.17) is 21.1 Å². The molecule has 0 aliphatic rings. The predicted molar refractivity (Wildman–Crippen MR) is 122 cm³/mol. The number of hydrogen-bond donors (Lipinski definition) is 1. The maximum atomic E-state index is 12.1. The standard InChI is InChI=1S/C21H22ClN5O3S/c1-4-27-20(15-8-9-17(29-2)18(11-15)30-3)25-26-21(27)31-13-19(28)24-23-12-14-6-5-7-16(22)10-14/h5-12H,4,13H2,1-3H3,(H,24,28)/b23-12-. The first kappa shape index (κ1) is 22.6. The summed E-state index contributed by atoms with van der Waals surface area (Å²) in [5, 5.41) is 13.7. The number of hydrogen-bond acceptors (Lipinski definition) is 7. The highest BCUT2D eigenvalue weighted by molar-refractivity contribution is 7.99. The molecule has 3 aromatic rings. The minimum atomic E-state index is -0.249. The lowest BCUT2D eigenvalue weighted by Gasteiger charge is -2.10. The number of benzene rings is 2. The molecule has 0 bridgehead atoms. The van der Waals surface area contributed by atoms with Crippen molar-refractivity contribution >= 4 is 35.5 Å². The minimum absolute atomic E-state index is 0.150. The molecular weight excluding hydrogens is 438 g/mol. The normalized spacial score (nSPS) is 11.0. The molecule has 0 aliphatic heterocycles. The molecule has 1 heterocycles. The van der Waals surface area contributed by atoms with E-state index in [1.54, 1.807) is 26.4 Å². The van der Waals surface area contributed by atoms with Gasteiger partial charge in [0.25, 0.3) is 5.91 Å². The van der Waals surface area contributed by atoms with Gasteiger partial charge in [0.15, 0.2) is 22.5 Å². The Bertz CT molecular complexity index is 1090. The van der Waals surface area contributed by atoms with E-state index >= 15 is 0 Å². The van der Waals surface area contributed by atoms with E-state index < -0.39 is 0 Å². The number of rotatable bonds is 9. The molecule has 0 aliphatic carbocycles. The zero-order chi connectivity index (χ0) is 22.2. The lowest BCUT2D eigenvalue weighted by Crippen LogP contribution is -2.20. The third-order valence-electron chi connectivity index (χ3n) is 4.26. The second-order valence-corrected chi connectivity index (χ2v) is 7.64. The maximum Gasteiger partial charge on any atom is 0.250 e. The van der Waals surface area contributed by atoms with Gasteiger partial charge in [-0.3, -0.25) is 4.79 Å². The number of nitrogens with zero attached hydrogens (tertiary/aromatic N) is 4. The molecule has 2 aromatic carbocycles. The maximum absolute atomic E-state index is 12.1. The van der Waals surface area contributed by atoms with Gasteiger partial charge in [-0.25, -0.2) is 5.43 Å². The van der Waals surface area contributed by atoms with Crippen LogP contribution in [-0.4, -0.2) is 46.9 Å². The van der Waals surface area contributed by atoms with Crippen LogP contribution >= 0.6 is 23.4 Å². The van der Waals surface area contributed by atoms with Crippen LogP contribution in [0.3, 0.4) is 0 Å². The van der Waals surface area contributed by atoms with E-state index in [1.807, 2.05) is 41.8 Å². The van der Waals surface area contributed by atoms with Crippen LogP contribution in [0.4, 0.5) is 0 Å². The number of halogens is 1. The SMILES string of the molecule is CCn1c(SCC(=O)N/N=C\c2cccc(Cl)c2)nnc1-c1ccc(OC)c(OC)c1. The van der Waals surface area contributed by atoms with Crippen molar-refractivity contribution in [3.8, 4) is 22.9 Å². The number of thioether (sulfide) groups is 1. The number of amides is 1. The topological polar surface area (TPSA) is 90.6 Å². The molecule has 8 nitrogen and oxygen atoms in total. The van der Waals surface area contributed by atoms with Gasteiger partial charge < -0.3 is 14.0 Å². The van der Waals surface area contributed by atoms with Crippen molar-refractivity contribution in [1.29, 1.82) is 0 Å². The van der Waals surface area contributed by atoms with Gasteiger partial charge >= 0.3 is 0 Å². The Hall–Kier alpha value is -3.04. The first-order chi connectivity index (χ1) is 15.0. The van der Waals surface area contributed by atoms with Gasteiger partial charge in [-0.1, -0.05) is 35.5 Å². The molecule has 1 N–H and O–H groups in total. The van der Waals surface area contributed by atoms with E-state index in [0.29, 0.717) is 34.0 Å². The summed E-state index contributed by atoms with van der Waals surface area (Å²) in [4.78, 5) is 12.1. The number of aromatic nitrogens is 3. The van der Waals surface area contributed by atoms with Crippen LogP contribution in [0.2, 0.25) is 5.02 Å². The molecule has 0 saturated heterocycles. The number of methoxy groups -OCH3 is 2. The molecule has 0 radical (unpaired) electrons. The Labute approximate surface area is 189 Å². The lowest BCUT2D eigenvalue weighted by atomic mass is 10.2. The van der Waals surface area contributed by atoms with Crippen LogP contribution in [0, 0.1) is 0 Å². The fourth-order valence-corrected chi connectivity index (χ4v) is 3.79. The van der Waals surface area contributed by atoms with Gasteiger partial charge in [0.1, 0.15) is 0 Å². The van der Waals surface area contributed by atoms with Gasteiger partial charge in [0.2, 0.25) is 0 Å². The lowest BCUT2D eigenvalue weighted by molar-refractivity contribution is -0.118. The van der Waals surface area contributed by atoms with Crippen LogP contribution in [0.1, 0.15) is 12.5 Å². The van der Waals surface area contributed by atoms with Crippen LogP contribution in [0.5, 0.6) is 11.5 Å². The van der Waals surface area contributed by atoms with Crippen LogP contribution < -0.4 is 14.9 Å². The Morgan fingerprint density at radius 1 is 1.19 bits per heavy atom. The third kappa shape index (κ3) is 5.77. The highest BCUT2D eigenvalue weighted by Gasteiger charge is 2.16. The average molecular weight is 460 g/mol. The summed E-state index contributed by atoms with van der Waals surface area (Å²) in [6, 6.07) is 12.7. The predicted octanol–water partition coefficient (Wildman–Crippen LogP) is 3.88. The molecule has 0 atom stereocenters. The highest BCUT2D eigenvalue weighted by atomic mass is 35.5. The Balaban J connectivity index is 1.65. The van der Waals surface area contributed by atoms with E-state index in [-0.39, 0.29) is 11.7 Å². The van der Waals surface area contributed by atoms with Gasteiger partial charge in [0, 0.05) is 17.1 Å². The van der Waals surface area contributed by atoms with Gasteiger partial charge in [-0.15, -0.1) is 10.2 Å². The zero-order valence-corrected chi connectivity index (χ0v) is 18.9. The molecule has 3 rings (SSSR count). The van der Waals surface area contributed by atoms with Crippen LogP contribution in [-0.2, 0) is 11.3 Å². The Morgan fingerprint density at radius 2 is 2.00 bits per heavy atom. The van der Waals surface area contributed by atoms with Crippen LogP contribution in [0.15, 0.2) is 52.7 Å². The molecule has 0 unspecified atom stereocenters. The minimum Gasteiger partial charge on any atom is -0.493 e. The fraction of sp³-hybridized carbons (Fsp3) is 0.238. The highest BCUT2D eigenvalue weighted by Crippen LogP contribution is 2.32. The summed E-state index contributed by atoms with van der Waals surface area (Å²) in [6.45, 7) is 2.64. The van der Waals surface area contributed by atoms with Gasteiger partial charge in [-0.2, -0.15) is 5.10 Å². The van der Waals surface area contributed by atoms with E-state index in [0.717, 1.165) is 11.1 Å². The summed E-state index contributed by atoms with van der Waals surface area (Å²) in [5.74, 6) is 1.83. The second-order valence-electron chi connectivity index (χ2n) is 6.26. The Morgan fingerprint density at radius 3 is 2.71 bits per heavy atom. The van der Waals surface area contributed by atoms with Crippen molar-refractivity contribution in [3.63, 3.8) is 0 Å². The summed E-state index contributed by atoms with van der Waals surface area (Å²) in [5.41, 5.74) is 4.14. The quantitative estimate of drug-likeness (QED) is 0.296. The molecule has 1 aromatic heterocycles. The zero-order valence-electron chi connectivity index (χ0n) is 17.3. The van der Waals surface area contributed by atoms with E-state index in [2.05, 4.69) is 20.7 Å². The Kier molecular flexibility index (Phi) is 7.91. The van der Waals surface area contributed by atoms with Crippen LogP contribution in [0.25, 0.3) is 11.4 Å². The largest absolute Gasteiger partial charge is 0.493 e. The van der Waals surface area contributed by atoms with Crippen molar-refractivity contribution in [2.75, 3.05) is 20.0 Å². The molecule has 0 saturated carbocycles. The summed E-state index contributed by atoms with van der Waals surface area (Å²) >= 11 is 7.22. The molecule has 0 spiro atoms. The van der Waals surface area contributed by atoms with Crippen molar-refractivity contribution in [1.82, 2.24) is 20.2 Å². The first-order valence-electron chi connectivity index (χ1n) is 9.41. The summed E-state index contributed by atoms with van der Waals surface area (Å²) < 4.78 is 12.6. The van der Waals surface area contributed by atoms with E-state index in [1.165, 1.54) is 18.0 Å².